The summed E-state index contributed by atoms with van der Waals surface area (Å²) >= 11 is 1.22. The minimum absolute atomic E-state index is 0.137. The maximum atomic E-state index is 11.0. The average Bonchev–Trinajstić information content (AvgIpc) is 2.52. The molecular formula is C8H9NO3S. The highest BCUT2D eigenvalue weighted by molar-refractivity contribution is 7.11. The smallest absolute Gasteiger partial charge is 0.311 e. The lowest BCUT2D eigenvalue weighted by Crippen LogP contribution is -2.07. The Morgan fingerprint density at radius 1 is 1.77 bits per heavy atom. The predicted octanol–water partition coefficient (Wildman–Crippen LogP) is 1.06. The number of ether oxygens (including phenoxy) is 1. The number of hydrogen-bond donors (Lipinski definition) is 0. The van der Waals surface area contributed by atoms with Gasteiger partial charge in [-0.3, -0.25) is 9.59 Å². The van der Waals surface area contributed by atoms with Crippen molar-refractivity contribution < 1.29 is 14.3 Å². The van der Waals surface area contributed by atoms with E-state index in [0.29, 0.717) is 23.6 Å². The van der Waals surface area contributed by atoms with Gasteiger partial charge in [-0.05, 0) is 6.92 Å². The van der Waals surface area contributed by atoms with Gasteiger partial charge in [0.25, 0.3) is 0 Å². The minimum Gasteiger partial charge on any atom is -0.466 e. The Kier molecular flexibility index (Phi) is 3.57. The van der Waals surface area contributed by atoms with Crippen LogP contribution in [0.1, 0.15) is 22.4 Å². The van der Waals surface area contributed by atoms with Gasteiger partial charge in [-0.15, -0.1) is 11.3 Å². The molecule has 1 aromatic rings. The summed E-state index contributed by atoms with van der Waals surface area (Å²) < 4.78 is 4.73. The molecule has 0 spiro atoms. The van der Waals surface area contributed by atoms with Crippen molar-refractivity contribution in [2.75, 3.05) is 6.61 Å². The molecule has 4 nitrogen and oxygen atoms in total. The molecule has 0 N–H and O–H groups in total. The number of carbonyl (C=O) groups is 2. The Labute approximate surface area is 79.6 Å². The molecule has 0 aliphatic heterocycles. The number of esters is 1. The number of aromatic nitrogens is 1. The molecule has 0 fully saturated rings. The first-order valence-corrected chi connectivity index (χ1v) is 4.69. The molecule has 0 aromatic carbocycles. The monoisotopic (exact) mass is 199 g/mol. The van der Waals surface area contributed by atoms with E-state index in [4.69, 9.17) is 4.74 Å². The van der Waals surface area contributed by atoms with Crippen LogP contribution in [0.3, 0.4) is 0 Å². The number of carbonyl (C=O) groups excluding carboxylic acids is 2. The molecule has 1 heterocycles. The second-order valence-electron chi connectivity index (χ2n) is 2.28. The van der Waals surface area contributed by atoms with Crippen LogP contribution in [0.2, 0.25) is 0 Å². The molecule has 1 aromatic heterocycles. The largest absolute Gasteiger partial charge is 0.466 e. The van der Waals surface area contributed by atoms with Gasteiger partial charge in [0.2, 0.25) is 0 Å². The lowest BCUT2D eigenvalue weighted by molar-refractivity contribution is -0.142. The van der Waals surface area contributed by atoms with Crippen molar-refractivity contribution in [1.29, 1.82) is 0 Å². The molecule has 0 saturated heterocycles. The van der Waals surface area contributed by atoms with Gasteiger partial charge in [0.05, 0.1) is 18.7 Å². The van der Waals surface area contributed by atoms with Crippen molar-refractivity contribution >= 4 is 23.6 Å². The molecule has 0 atom stereocenters. The summed E-state index contributed by atoms with van der Waals surface area (Å²) in [6.45, 7) is 2.11. The number of nitrogens with zero attached hydrogens (tertiary/aromatic N) is 1. The molecular weight excluding hydrogens is 190 g/mol. The number of rotatable bonds is 4. The fraction of sp³-hybridized carbons (Fsp3) is 0.375. The molecule has 0 bridgehead atoms. The Morgan fingerprint density at radius 3 is 3.08 bits per heavy atom. The molecule has 0 aliphatic rings. The van der Waals surface area contributed by atoms with E-state index in [1.807, 2.05) is 0 Å². The summed E-state index contributed by atoms with van der Waals surface area (Å²) in [5.41, 5.74) is 0.588. The third-order valence-corrected chi connectivity index (χ3v) is 2.12. The molecule has 70 valence electrons. The molecule has 0 amide bonds. The zero-order chi connectivity index (χ0) is 9.68. The first kappa shape index (κ1) is 9.85. The Balaban J connectivity index is 2.53. The van der Waals surface area contributed by atoms with Gasteiger partial charge in [-0.25, -0.2) is 4.98 Å². The zero-order valence-electron chi connectivity index (χ0n) is 7.15. The first-order chi connectivity index (χ1) is 6.26. The standard InChI is InChI=1S/C8H9NO3S/c1-2-12-8(11)3-6-5-13-7(4-10)9-6/h4-5H,2-3H2,1H3. The third-order valence-electron chi connectivity index (χ3n) is 1.30. The van der Waals surface area contributed by atoms with Gasteiger partial charge in [0.1, 0.15) is 0 Å². The first-order valence-electron chi connectivity index (χ1n) is 3.81. The van der Waals surface area contributed by atoms with Crippen LogP contribution in [0.25, 0.3) is 0 Å². The minimum atomic E-state index is -0.315. The van der Waals surface area contributed by atoms with Gasteiger partial charge in [-0.2, -0.15) is 0 Å². The normalized spacial score (nSPS) is 9.62. The van der Waals surface area contributed by atoms with E-state index in [-0.39, 0.29) is 12.4 Å². The van der Waals surface area contributed by atoms with Crippen LogP contribution in [0.4, 0.5) is 0 Å². The van der Waals surface area contributed by atoms with Crippen molar-refractivity contribution in [1.82, 2.24) is 4.98 Å². The van der Waals surface area contributed by atoms with Crippen molar-refractivity contribution in [3.8, 4) is 0 Å². The maximum Gasteiger partial charge on any atom is 0.311 e. The molecule has 1 rings (SSSR count). The summed E-state index contributed by atoms with van der Waals surface area (Å²) in [4.78, 5) is 25.1. The zero-order valence-corrected chi connectivity index (χ0v) is 7.97. The lowest BCUT2D eigenvalue weighted by atomic mass is 10.3. The van der Waals surface area contributed by atoms with Gasteiger partial charge < -0.3 is 4.74 Å². The Morgan fingerprint density at radius 2 is 2.54 bits per heavy atom. The van der Waals surface area contributed by atoms with E-state index in [1.165, 1.54) is 11.3 Å². The van der Waals surface area contributed by atoms with Gasteiger partial charge >= 0.3 is 5.97 Å². The third kappa shape index (κ3) is 2.95. The molecule has 13 heavy (non-hydrogen) atoms. The van der Waals surface area contributed by atoms with Crippen LogP contribution < -0.4 is 0 Å². The fourth-order valence-corrected chi connectivity index (χ4v) is 1.44. The number of hydrogen-bond acceptors (Lipinski definition) is 5. The van der Waals surface area contributed by atoms with Gasteiger partial charge in [-0.1, -0.05) is 0 Å². The van der Waals surface area contributed by atoms with Crippen molar-refractivity contribution in [2.24, 2.45) is 0 Å². The number of thiazole rings is 1. The van der Waals surface area contributed by atoms with E-state index in [1.54, 1.807) is 12.3 Å². The second kappa shape index (κ2) is 4.71. The van der Waals surface area contributed by atoms with Crippen molar-refractivity contribution in [3.05, 3.63) is 16.1 Å². The predicted molar refractivity (Wildman–Crippen MR) is 47.8 cm³/mol. The molecule has 0 aliphatic carbocycles. The molecule has 0 unspecified atom stereocenters. The topological polar surface area (TPSA) is 56.3 Å². The van der Waals surface area contributed by atoms with Crippen LogP contribution in [0, 0.1) is 0 Å². The van der Waals surface area contributed by atoms with E-state index in [0.717, 1.165) is 0 Å². The van der Waals surface area contributed by atoms with Crippen molar-refractivity contribution in [3.63, 3.8) is 0 Å². The molecule has 0 saturated carbocycles. The fourth-order valence-electron chi connectivity index (χ4n) is 0.818. The summed E-state index contributed by atoms with van der Waals surface area (Å²) in [6.07, 6.45) is 0.803. The second-order valence-corrected chi connectivity index (χ2v) is 3.17. The van der Waals surface area contributed by atoms with Crippen LogP contribution in [-0.2, 0) is 16.0 Å². The van der Waals surface area contributed by atoms with E-state index in [9.17, 15) is 9.59 Å². The summed E-state index contributed by atoms with van der Waals surface area (Å²) in [5, 5.41) is 2.07. The summed E-state index contributed by atoms with van der Waals surface area (Å²) in [6, 6.07) is 0. The SMILES string of the molecule is CCOC(=O)Cc1csc(C=O)n1. The van der Waals surface area contributed by atoms with Crippen LogP contribution in [0.5, 0.6) is 0 Å². The highest BCUT2D eigenvalue weighted by atomic mass is 32.1. The van der Waals surface area contributed by atoms with Crippen LogP contribution in [-0.4, -0.2) is 23.8 Å². The summed E-state index contributed by atoms with van der Waals surface area (Å²) in [5.74, 6) is -0.315. The van der Waals surface area contributed by atoms with E-state index >= 15 is 0 Å². The van der Waals surface area contributed by atoms with Crippen molar-refractivity contribution in [2.45, 2.75) is 13.3 Å². The van der Waals surface area contributed by atoms with E-state index in [2.05, 4.69) is 4.98 Å². The molecule has 0 radical (unpaired) electrons. The van der Waals surface area contributed by atoms with Crippen LogP contribution >= 0.6 is 11.3 Å². The van der Waals surface area contributed by atoms with Gasteiger partial charge in [0.15, 0.2) is 11.3 Å². The highest BCUT2D eigenvalue weighted by Crippen LogP contribution is 2.08. The Hall–Kier alpha value is -1.23. The lowest BCUT2D eigenvalue weighted by Gasteiger charge is -1.97. The Bertz CT molecular complexity index is 308. The van der Waals surface area contributed by atoms with E-state index < -0.39 is 0 Å². The average molecular weight is 199 g/mol. The summed E-state index contributed by atoms with van der Waals surface area (Å²) in [7, 11) is 0. The molecule has 5 heteroatoms. The highest BCUT2D eigenvalue weighted by Gasteiger charge is 2.07. The van der Waals surface area contributed by atoms with Gasteiger partial charge in [0, 0.05) is 5.38 Å². The number of aldehydes is 1. The quantitative estimate of drug-likeness (QED) is 0.537. The van der Waals surface area contributed by atoms with Crippen LogP contribution in [0.15, 0.2) is 5.38 Å². The maximum absolute atomic E-state index is 11.0.